The van der Waals surface area contributed by atoms with Crippen molar-refractivity contribution in [3.63, 3.8) is 0 Å². The lowest BCUT2D eigenvalue weighted by Gasteiger charge is -2.31. The zero-order valence-corrected chi connectivity index (χ0v) is 20.4. The maximum Gasteiger partial charge on any atom is 0.261 e. The van der Waals surface area contributed by atoms with Crippen molar-refractivity contribution in [1.29, 1.82) is 0 Å². The minimum Gasteiger partial charge on any atom is -0.483 e. The van der Waals surface area contributed by atoms with Gasteiger partial charge in [0.05, 0.1) is 0 Å². The molecule has 0 bridgehead atoms. The predicted molar refractivity (Wildman–Crippen MR) is 130 cm³/mol. The number of benzene rings is 2. The van der Waals surface area contributed by atoms with Gasteiger partial charge in [0.25, 0.3) is 5.91 Å². The highest BCUT2D eigenvalue weighted by Gasteiger charge is 2.29. The van der Waals surface area contributed by atoms with Gasteiger partial charge in [-0.25, -0.2) is 0 Å². The second kappa shape index (κ2) is 12.3. The van der Waals surface area contributed by atoms with Crippen LogP contribution in [0.5, 0.6) is 5.75 Å². The maximum absolute atomic E-state index is 13.3. The summed E-state index contributed by atoms with van der Waals surface area (Å²) in [6.07, 6.45) is 0.532. The van der Waals surface area contributed by atoms with E-state index >= 15 is 0 Å². The molecule has 5 nitrogen and oxygen atoms in total. The highest BCUT2D eigenvalue weighted by molar-refractivity contribution is 5.88. The number of rotatable bonds is 11. The van der Waals surface area contributed by atoms with Gasteiger partial charge in [-0.15, -0.1) is 0 Å². The lowest BCUT2D eigenvalue weighted by molar-refractivity contribution is -0.143. The fourth-order valence-electron chi connectivity index (χ4n) is 3.54. The summed E-state index contributed by atoms with van der Waals surface area (Å²) in [7, 11) is 0. The number of nitrogens with one attached hydrogen (secondary N) is 1. The summed E-state index contributed by atoms with van der Waals surface area (Å²) in [6, 6.07) is 15.3. The van der Waals surface area contributed by atoms with E-state index in [2.05, 4.69) is 33.0 Å². The Kier molecular flexibility index (Phi) is 9.76. The molecule has 0 spiro atoms. The monoisotopic (exact) mass is 438 g/mol. The summed E-state index contributed by atoms with van der Waals surface area (Å²) >= 11 is 0. The van der Waals surface area contributed by atoms with Crippen LogP contribution in [0.2, 0.25) is 0 Å². The van der Waals surface area contributed by atoms with Crippen LogP contribution in [0, 0.1) is 12.8 Å². The summed E-state index contributed by atoms with van der Waals surface area (Å²) in [6.45, 7) is 13.1. The lowest BCUT2D eigenvalue weighted by Crippen LogP contribution is -2.50. The number of para-hydroxylation sites is 1. The van der Waals surface area contributed by atoms with Gasteiger partial charge >= 0.3 is 0 Å². The molecule has 0 aliphatic rings. The van der Waals surface area contributed by atoms with Crippen molar-refractivity contribution in [1.82, 2.24) is 10.2 Å². The number of aryl methyl sites for hydroxylation is 1. The molecule has 0 heterocycles. The first kappa shape index (κ1) is 25.4. The molecule has 2 amide bonds. The Morgan fingerprint density at radius 1 is 1.00 bits per heavy atom. The first-order valence-corrected chi connectivity index (χ1v) is 11.6. The maximum atomic E-state index is 13.3. The normalized spacial score (nSPS) is 12.0. The van der Waals surface area contributed by atoms with E-state index in [-0.39, 0.29) is 24.3 Å². The van der Waals surface area contributed by atoms with Crippen LogP contribution in [0.3, 0.4) is 0 Å². The van der Waals surface area contributed by atoms with E-state index in [1.165, 1.54) is 0 Å². The van der Waals surface area contributed by atoms with Crippen LogP contribution in [0.1, 0.15) is 63.6 Å². The highest BCUT2D eigenvalue weighted by atomic mass is 16.5. The fourth-order valence-corrected chi connectivity index (χ4v) is 3.54. The first-order chi connectivity index (χ1) is 15.2. The molecule has 0 unspecified atom stereocenters. The van der Waals surface area contributed by atoms with Crippen LogP contribution in [0.4, 0.5) is 0 Å². The van der Waals surface area contributed by atoms with Crippen molar-refractivity contribution in [3.8, 4) is 5.75 Å². The average Bonchev–Trinajstić information content (AvgIpc) is 2.77. The van der Waals surface area contributed by atoms with Gasteiger partial charge in [-0.1, -0.05) is 82.6 Å². The van der Waals surface area contributed by atoms with E-state index in [0.29, 0.717) is 31.2 Å². The summed E-state index contributed by atoms with van der Waals surface area (Å²) < 4.78 is 5.95. The third kappa shape index (κ3) is 7.40. The highest BCUT2D eigenvalue weighted by Crippen LogP contribution is 2.26. The van der Waals surface area contributed by atoms with Gasteiger partial charge in [-0.2, -0.15) is 0 Å². The van der Waals surface area contributed by atoms with E-state index in [1.807, 2.05) is 62.4 Å². The number of carbonyl (C=O) groups is 2. The van der Waals surface area contributed by atoms with Gasteiger partial charge in [-0.3, -0.25) is 9.59 Å². The first-order valence-electron chi connectivity index (χ1n) is 11.6. The van der Waals surface area contributed by atoms with E-state index < -0.39 is 6.04 Å². The number of ether oxygens (including phenoxy) is 1. The van der Waals surface area contributed by atoms with Crippen molar-refractivity contribution in [2.24, 2.45) is 5.92 Å². The van der Waals surface area contributed by atoms with Crippen LogP contribution in [-0.2, 0) is 16.1 Å². The number of hydrogen-bond donors (Lipinski definition) is 1. The molecule has 0 saturated carbocycles. The van der Waals surface area contributed by atoms with Gasteiger partial charge in [0, 0.05) is 13.1 Å². The Hall–Kier alpha value is -2.82. The van der Waals surface area contributed by atoms with Gasteiger partial charge in [0.15, 0.2) is 6.61 Å². The van der Waals surface area contributed by atoms with Crippen molar-refractivity contribution in [2.45, 2.75) is 66.5 Å². The number of hydrogen-bond acceptors (Lipinski definition) is 3. The summed E-state index contributed by atoms with van der Waals surface area (Å²) in [5.74, 6) is 1.02. The third-order valence-electron chi connectivity index (χ3n) is 5.44. The molecule has 0 radical (unpaired) electrons. The Morgan fingerprint density at radius 2 is 1.66 bits per heavy atom. The van der Waals surface area contributed by atoms with Crippen LogP contribution < -0.4 is 10.1 Å². The second-order valence-electron chi connectivity index (χ2n) is 9.05. The molecule has 0 fully saturated rings. The number of amides is 2. The van der Waals surface area contributed by atoms with Crippen molar-refractivity contribution in [3.05, 3.63) is 65.2 Å². The van der Waals surface area contributed by atoms with Crippen molar-refractivity contribution >= 4 is 11.8 Å². The Bertz CT molecular complexity index is 875. The topological polar surface area (TPSA) is 58.6 Å². The molecule has 174 valence electrons. The van der Waals surface area contributed by atoms with Crippen LogP contribution in [0.15, 0.2) is 48.5 Å². The standard InChI is InChI=1S/C27H38N2O3/c1-7-24(27(31)28-16-19(2)3)29(17-22-14-12-21(6)13-15-22)26(30)18-32-25-11-9-8-10-23(25)20(4)5/h8-15,19-20,24H,7,16-18H2,1-6H3,(H,28,31)/t24-/m1/s1. The molecule has 2 aromatic carbocycles. The largest absolute Gasteiger partial charge is 0.483 e. The smallest absolute Gasteiger partial charge is 0.261 e. The molecule has 0 aliphatic carbocycles. The minimum atomic E-state index is -0.550. The molecule has 0 aromatic heterocycles. The molecule has 32 heavy (non-hydrogen) atoms. The van der Waals surface area contributed by atoms with Gasteiger partial charge in [0.1, 0.15) is 11.8 Å². The van der Waals surface area contributed by atoms with E-state index in [4.69, 9.17) is 4.74 Å². The minimum absolute atomic E-state index is 0.108. The molecule has 0 aliphatic heterocycles. The molecule has 2 aromatic rings. The molecule has 1 atom stereocenters. The second-order valence-corrected chi connectivity index (χ2v) is 9.05. The fraction of sp³-hybridized carbons (Fsp3) is 0.481. The molecule has 0 saturated heterocycles. The summed E-state index contributed by atoms with van der Waals surface area (Å²) in [4.78, 5) is 27.9. The Morgan fingerprint density at radius 3 is 2.25 bits per heavy atom. The van der Waals surface area contributed by atoms with E-state index in [1.54, 1.807) is 4.90 Å². The third-order valence-corrected chi connectivity index (χ3v) is 5.44. The average molecular weight is 439 g/mol. The molecule has 5 heteroatoms. The van der Waals surface area contributed by atoms with Gasteiger partial charge in [0.2, 0.25) is 5.91 Å². The Balaban J connectivity index is 2.23. The lowest BCUT2D eigenvalue weighted by atomic mass is 10.0. The molecular weight excluding hydrogens is 400 g/mol. The van der Waals surface area contributed by atoms with Crippen LogP contribution in [-0.4, -0.2) is 35.9 Å². The van der Waals surface area contributed by atoms with Crippen LogP contribution >= 0.6 is 0 Å². The summed E-state index contributed by atoms with van der Waals surface area (Å²) in [5.41, 5.74) is 3.20. The van der Waals surface area contributed by atoms with Crippen molar-refractivity contribution < 1.29 is 14.3 Å². The number of carbonyl (C=O) groups excluding carboxylic acids is 2. The Labute approximate surface area is 193 Å². The molecule has 1 N–H and O–H groups in total. The number of nitrogens with zero attached hydrogens (tertiary/aromatic N) is 1. The van der Waals surface area contributed by atoms with Gasteiger partial charge in [-0.05, 0) is 42.4 Å². The zero-order chi connectivity index (χ0) is 23.7. The predicted octanol–water partition coefficient (Wildman–Crippen LogP) is 5.08. The van der Waals surface area contributed by atoms with Gasteiger partial charge < -0.3 is 15.0 Å². The summed E-state index contributed by atoms with van der Waals surface area (Å²) in [5, 5.41) is 2.99. The van der Waals surface area contributed by atoms with Crippen molar-refractivity contribution in [2.75, 3.05) is 13.2 Å². The van der Waals surface area contributed by atoms with Crippen LogP contribution in [0.25, 0.3) is 0 Å². The molecule has 2 rings (SSSR count). The zero-order valence-electron chi connectivity index (χ0n) is 20.4. The van der Waals surface area contributed by atoms with E-state index in [9.17, 15) is 9.59 Å². The SMILES string of the molecule is CC[C@H](C(=O)NCC(C)C)N(Cc1ccc(C)cc1)C(=O)COc1ccccc1C(C)C. The molecular formula is C27H38N2O3. The van der Waals surface area contributed by atoms with E-state index in [0.717, 1.165) is 16.7 Å². The quantitative estimate of drug-likeness (QED) is 0.532.